The molecule has 0 amide bonds. The highest BCUT2D eigenvalue weighted by Gasteiger charge is 2.23. The molecule has 4 rings (SSSR count). The van der Waals surface area contributed by atoms with Gasteiger partial charge in [-0.1, -0.05) is 28.1 Å². The van der Waals surface area contributed by atoms with Gasteiger partial charge in [0, 0.05) is 27.3 Å². The largest absolute Gasteiger partial charge is 0.393 e. The van der Waals surface area contributed by atoms with Crippen LogP contribution in [0, 0.1) is 0 Å². The minimum atomic E-state index is -0.130. The summed E-state index contributed by atoms with van der Waals surface area (Å²) in [5.74, 6) is 1.82. The van der Waals surface area contributed by atoms with Gasteiger partial charge in [0.25, 0.3) is 0 Å². The van der Waals surface area contributed by atoms with Crippen LogP contribution < -0.4 is 5.32 Å². The molecular formula is C20H24BrN3O. The van der Waals surface area contributed by atoms with Gasteiger partial charge in [0.2, 0.25) is 0 Å². The van der Waals surface area contributed by atoms with Crippen LogP contribution >= 0.6 is 15.9 Å². The Morgan fingerprint density at radius 2 is 1.84 bits per heavy atom. The number of aromatic nitrogens is 2. The fourth-order valence-corrected chi connectivity index (χ4v) is 4.28. The number of nitrogens with one attached hydrogen (secondary N) is 1. The van der Waals surface area contributed by atoms with Crippen molar-refractivity contribution < 1.29 is 5.11 Å². The topological polar surface area (TPSA) is 58.0 Å². The Hall–Kier alpha value is -1.46. The predicted octanol–water partition coefficient (Wildman–Crippen LogP) is 4.50. The molecule has 1 aromatic carbocycles. The first-order valence-electron chi connectivity index (χ1n) is 9.29. The Labute approximate surface area is 157 Å². The Morgan fingerprint density at radius 3 is 2.64 bits per heavy atom. The second kappa shape index (κ2) is 7.42. The minimum Gasteiger partial charge on any atom is -0.393 e. The molecular weight excluding hydrogens is 378 g/mol. The molecule has 2 aliphatic carbocycles. The number of nitrogens with zero attached hydrogens (tertiary/aromatic N) is 2. The summed E-state index contributed by atoms with van der Waals surface area (Å²) in [4.78, 5) is 9.78. The molecule has 0 aliphatic heterocycles. The number of benzene rings is 1. The van der Waals surface area contributed by atoms with Gasteiger partial charge in [0.15, 0.2) is 5.82 Å². The van der Waals surface area contributed by atoms with Crippen LogP contribution in [-0.2, 0) is 12.8 Å². The van der Waals surface area contributed by atoms with E-state index in [1.165, 1.54) is 24.1 Å². The summed E-state index contributed by atoms with van der Waals surface area (Å²) in [6.45, 7) is 0. The summed E-state index contributed by atoms with van der Waals surface area (Å²) in [5, 5.41) is 13.4. The van der Waals surface area contributed by atoms with Crippen LogP contribution in [0.3, 0.4) is 0 Å². The van der Waals surface area contributed by atoms with Crippen molar-refractivity contribution in [2.45, 2.75) is 63.5 Å². The lowest BCUT2D eigenvalue weighted by molar-refractivity contribution is 0.126. The first-order valence-corrected chi connectivity index (χ1v) is 10.1. The standard InChI is InChI=1S/C20H24BrN3O/c21-14-5-3-4-13(12-14)19-23-18-7-2-1-6-17(18)20(24-19)22-15-8-10-16(25)11-9-15/h3-5,12,15-16,25H,1-2,6-11H2,(H,22,23,24). The van der Waals surface area contributed by atoms with Crippen molar-refractivity contribution in [3.63, 3.8) is 0 Å². The van der Waals surface area contributed by atoms with Gasteiger partial charge in [-0.3, -0.25) is 0 Å². The lowest BCUT2D eigenvalue weighted by atomic mass is 9.92. The Morgan fingerprint density at radius 1 is 1.04 bits per heavy atom. The number of aryl methyl sites for hydroxylation is 1. The first-order chi connectivity index (χ1) is 12.2. The van der Waals surface area contributed by atoms with Gasteiger partial charge in [-0.05, 0) is 63.5 Å². The zero-order valence-electron chi connectivity index (χ0n) is 14.3. The normalized spacial score (nSPS) is 23.1. The average molecular weight is 402 g/mol. The fourth-order valence-electron chi connectivity index (χ4n) is 3.88. The number of rotatable bonds is 3. The third kappa shape index (κ3) is 3.87. The quantitative estimate of drug-likeness (QED) is 0.794. The smallest absolute Gasteiger partial charge is 0.161 e. The van der Waals surface area contributed by atoms with Crippen molar-refractivity contribution >= 4 is 21.7 Å². The van der Waals surface area contributed by atoms with E-state index in [0.29, 0.717) is 6.04 Å². The number of aliphatic hydroxyl groups is 1. The van der Waals surface area contributed by atoms with E-state index in [0.717, 1.165) is 60.2 Å². The van der Waals surface area contributed by atoms with Crippen LogP contribution in [0.5, 0.6) is 0 Å². The molecule has 0 unspecified atom stereocenters. The van der Waals surface area contributed by atoms with Crippen molar-refractivity contribution in [1.29, 1.82) is 0 Å². The third-order valence-electron chi connectivity index (χ3n) is 5.30. The number of halogens is 1. The summed E-state index contributed by atoms with van der Waals surface area (Å²) < 4.78 is 1.04. The molecule has 0 bridgehead atoms. The third-order valence-corrected chi connectivity index (χ3v) is 5.80. The van der Waals surface area contributed by atoms with E-state index in [1.807, 2.05) is 12.1 Å². The molecule has 2 aliphatic rings. The van der Waals surface area contributed by atoms with Crippen LogP contribution in [-0.4, -0.2) is 27.2 Å². The Bertz CT molecular complexity index is 757. The summed E-state index contributed by atoms with van der Waals surface area (Å²) in [6.07, 6.45) is 8.16. The van der Waals surface area contributed by atoms with Gasteiger partial charge in [-0.15, -0.1) is 0 Å². The Kier molecular flexibility index (Phi) is 5.04. The molecule has 1 aromatic heterocycles. The highest BCUT2D eigenvalue weighted by atomic mass is 79.9. The van der Waals surface area contributed by atoms with Gasteiger partial charge >= 0.3 is 0 Å². The molecule has 1 saturated carbocycles. The van der Waals surface area contributed by atoms with E-state index in [4.69, 9.17) is 9.97 Å². The number of aliphatic hydroxyl groups excluding tert-OH is 1. The van der Waals surface area contributed by atoms with Gasteiger partial charge in [-0.25, -0.2) is 9.97 Å². The van der Waals surface area contributed by atoms with Crippen molar-refractivity contribution in [2.75, 3.05) is 5.32 Å². The minimum absolute atomic E-state index is 0.130. The second-order valence-corrected chi connectivity index (χ2v) is 8.10. The van der Waals surface area contributed by atoms with Crippen LogP contribution in [0.1, 0.15) is 49.8 Å². The number of fused-ring (bicyclic) bond motifs is 1. The summed E-state index contributed by atoms with van der Waals surface area (Å²) in [6, 6.07) is 8.59. The summed E-state index contributed by atoms with van der Waals surface area (Å²) >= 11 is 3.54. The van der Waals surface area contributed by atoms with Crippen LogP contribution in [0.4, 0.5) is 5.82 Å². The van der Waals surface area contributed by atoms with E-state index in [2.05, 4.69) is 33.4 Å². The SMILES string of the molecule is OC1CCC(Nc2nc(-c3cccc(Br)c3)nc3c2CCCC3)CC1. The number of anilines is 1. The zero-order valence-corrected chi connectivity index (χ0v) is 15.9. The molecule has 25 heavy (non-hydrogen) atoms. The molecule has 1 fully saturated rings. The van der Waals surface area contributed by atoms with Gasteiger partial charge < -0.3 is 10.4 Å². The zero-order chi connectivity index (χ0) is 17.2. The van der Waals surface area contributed by atoms with Crippen molar-refractivity contribution in [2.24, 2.45) is 0 Å². The Balaban J connectivity index is 1.68. The highest BCUT2D eigenvalue weighted by molar-refractivity contribution is 9.10. The van der Waals surface area contributed by atoms with Crippen molar-refractivity contribution in [3.05, 3.63) is 40.0 Å². The highest BCUT2D eigenvalue weighted by Crippen LogP contribution is 2.31. The maximum atomic E-state index is 9.75. The summed E-state index contributed by atoms with van der Waals surface area (Å²) in [5.41, 5.74) is 3.55. The second-order valence-electron chi connectivity index (χ2n) is 7.19. The van der Waals surface area contributed by atoms with Crippen molar-refractivity contribution in [3.8, 4) is 11.4 Å². The molecule has 132 valence electrons. The average Bonchev–Trinajstić information content (AvgIpc) is 2.63. The fraction of sp³-hybridized carbons (Fsp3) is 0.500. The van der Waals surface area contributed by atoms with Crippen molar-refractivity contribution in [1.82, 2.24) is 9.97 Å². The molecule has 0 spiro atoms. The van der Waals surface area contributed by atoms with Gasteiger partial charge in [-0.2, -0.15) is 0 Å². The van der Waals surface area contributed by atoms with E-state index in [-0.39, 0.29) is 6.10 Å². The maximum Gasteiger partial charge on any atom is 0.161 e. The number of hydrogen-bond acceptors (Lipinski definition) is 4. The maximum absolute atomic E-state index is 9.75. The van der Waals surface area contributed by atoms with Crippen LogP contribution in [0.15, 0.2) is 28.7 Å². The van der Waals surface area contributed by atoms with E-state index >= 15 is 0 Å². The molecule has 0 saturated heterocycles. The van der Waals surface area contributed by atoms with Crippen LogP contribution in [0.2, 0.25) is 0 Å². The molecule has 0 radical (unpaired) electrons. The molecule has 2 N–H and O–H groups in total. The van der Waals surface area contributed by atoms with Gasteiger partial charge in [0.1, 0.15) is 5.82 Å². The van der Waals surface area contributed by atoms with E-state index in [1.54, 1.807) is 0 Å². The number of hydrogen-bond donors (Lipinski definition) is 2. The molecule has 0 atom stereocenters. The van der Waals surface area contributed by atoms with E-state index in [9.17, 15) is 5.11 Å². The molecule has 4 nitrogen and oxygen atoms in total. The molecule has 5 heteroatoms. The monoisotopic (exact) mass is 401 g/mol. The van der Waals surface area contributed by atoms with Crippen LogP contribution in [0.25, 0.3) is 11.4 Å². The molecule has 2 aromatic rings. The molecule has 1 heterocycles. The summed E-state index contributed by atoms with van der Waals surface area (Å²) in [7, 11) is 0. The van der Waals surface area contributed by atoms with E-state index < -0.39 is 0 Å². The first kappa shape index (κ1) is 17.0. The lowest BCUT2D eigenvalue weighted by Gasteiger charge is -2.28. The predicted molar refractivity (Wildman–Crippen MR) is 104 cm³/mol. The van der Waals surface area contributed by atoms with Gasteiger partial charge in [0.05, 0.1) is 6.10 Å². The lowest BCUT2D eigenvalue weighted by Crippen LogP contribution is -2.29.